The smallest absolute Gasteiger partial charge is 0.228 e. The number of β-amino-alcohol motifs (C(OH)–C–C–N with tert-alkyl or cyclic N) is 1. The van der Waals surface area contributed by atoms with Crippen LogP contribution in [0, 0.1) is 5.41 Å². The number of hydrogen-bond acceptors (Lipinski definition) is 3. The molecule has 2 aliphatic rings. The van der Waals surface area contributed by atoms with Gasteiger partial charge in [-0.05, 0) is 32.4 Å². The SMILES string of the molecule is CCC1(O)CN(C(=O)C2(C)CCNCC2)C1. The van der Waals surface area contributed by atoms with Gasteiger partial charge in [-0.1, -0.05) is 13.8 Å². The van der Waals surface area contributed by atoms with Gasteiger partial charge >= 0.3 is 0 Å². The summed E-state index contributed by atoms with van der Waals surface area (Å²) < 4.78 is 0. The van der Waals surface area contributed by atoms with Crippen LogP contribution in [0.1, 0.15) is 33.1 Å². The lowest BCUT2D eigenvalue weighted by atomic mass is 9.77. The van der Waals surface area contributed by atoms with Crippen molar-refractivity contribution < 1.29 is 9.90 Å². The molecule has 92 valence electrons. The molecule has 0 unspecified atom stereocenters. The third-order valence-corrected chi connectivity index (χ3v) is 4.14. The fourth-order valence-electron chi connectivity index (χ4n) is 2.61. The lowest BCUT2D eigenvalue weighted by molar-refractivity contribution is -0.166. The number of piperidine rings is 1. The Hall–Kier alpha value is -0.610. The predicted octanol–water partition coefficient (Wildman–Crippen LogP) is 0.359. The Morgan fingerprint density at radius 1 is 1.38 bits per heavy atom. The number of carbonyl (C=O) groups is 1. The standard InChI is InChI=1S/C12H22N2O2/c1-3-12(16)8-14(9-12)10(15)11(2)4-6-13-7-5-11/h13,16H,3-9H2,1-2H3. The molecule has 2 aliphatic heterocycles. The Bertz CT molecular complexity index is 279. The van der Waals surface area contributed by atoms with Crippen molar-refractivity contribution in [2.75, 3.05) is 26.2 Å². The van der Waals surface area contributed by atoms with Gasteiger partial charge in [-0.25, -0.2) is 0 Å². The van der Waals surface area contributed by atoms with Gasteiger partial charge in [0.05, 0.1) is 18.7 Å². The molecule has 0 atom stereocenters. The molecule has 2 N–H and O–H groups in total. The van der Waals surface area contributed by atoms with Gasteiger partial charge in [-0.3, -0.25) is 4.79 Å². The maximum atomic E-state index is 12.3. The first-order valence-corrected chi connectivity index (χ1v) is 6.22. The van der Waals surface area contributed by atoms with Crippen LogP contribution in [0.25, 0.3) is 0 Å². The first kappa shape index (κ1) is 11.9. The zero-order valence-electron chi connectivity index (χ0n) is 10.3. The summed E-state index contributed by atoms with van der Waals surface area (Å²) in [6.07, 6.45) is 2.55. The number of amides is 1. The molecule has 0 radical (unpaired) electrons. The van der Waals surface area contributed by atoms with Crippen LogP contribution in [0.2, 0.25) is 0 Å². The van der Waals surface area contributed by atoms with Gasteiger partial charge in [0.15, 0.2) is 0 Å². The van der Waals surface area contributed by atoms with Crippen molar-refractivity contribution in [3.05, 3.63) is 0 Å². The van der Waals surface area contributed by atoms with Crippen molar-refractivity contribution in [2.45, 2.75) is 38.7 Å². The van der Waals surface area contributed by atoms with Crippen LogP contribution in [0.5, 0.6) is 0 Å². The van der Waals surface area contributed by atoms with E-state index < -0.39 is 5.60 Å². The Kier molecular flexibility index (Phi) is 2.97. The van der Waals surface area contributed by atoms with Crippen LogP contribution in [0.15, 0.2) is 0 Å². The Balaban J connectivity index is 1.94. The number of nitrogens with one attached hydrogen (secondary N) is 1. The van der Waals surface area contributed by atoms with E-state index in [1.807, 2.05) is 11.8 Å². The number of hydrogen-bond donors (Lipinski definition) is 2. The van der Waals surface area contributed by atoms with Crippen molar-refractivity contribution in [1.82, 2.24) is 10.2 Å². The minimum Gasteiger partial charge on any atom is -0.386 e. The normalized spacial score (nSPS) is 27.3. The summed E-state index contributed by atoms with van der Waals surface area (Å²) in [5.74, 6) is 0.229. The Labute approximate surface area is 97.0 Å². The van der Waals surface area contributed by atoms with Crippen LogP contribution in [0.3, 0.4) is 0 Å². The molecule has 0 bridgehead atoms. The highest BCUT2D eigenvalue weighted by Crippen LogP contribution is 2.34. The zero-order valence-corrected chi connectivity index (χ0v) is 10.3. The molecular weight excluding hydrogens is 204 g/mol. The molecule has 0 saturated carbocycles. The molecule has 0 aromatic carbocycles. The van der Waals surface area contributed by atoms with Crippen molar-refractivity contribution in [3.8, 4) is 0 Å². The molecule has 2 saturated heterocycles. The molecule has 4 heteroatoms. The molecule has 16 heavy (non-hydrogen) atoms. The van der Waals surface area contributed by atoms with Crippen molar-refractivity contribution in [3.63, 3.8) is 0 Å². The maximum absolute atomic E-state index is 12.3. The molecule has 0 aliphatic carbocycles. The van der Waals surface area contributed by atoms with Gasteiger partial charge in [-0.2, -0.15) is 0 Å². The van der Waals surface area contributed by atoms with E-state index in [-0.39, 0.29) is 11.3 Å². The highest BCUT2D eigenvalue weighted by molar-refractivity contribution is 5.83. The van der Waals surface area contributed by atoms with E-state index in [9.17, 15) is 9.90 Å². The summed E-state index contributed by atoms with van der Waals surface area (Å²) in [5.41, 5.74) is -0.820. The fourth-order valence-corrected chi connectivity index (χ4v) is 2.61. The minimum absolute atomic E-state index is 0.208. The third kappa shape index (κ3) is 1.96. The summed E-state index contributed by atoms with van der Waals surface area (Å²) in [6, 6.07) is 0. The lowest BCUT2D eigenvalue weighted by Crippen LogP contribution is -2.65. The Morgan fingerprint density at radius 2 is 1.94 bits per heavy atom. The quantitative estimate of drug-likeness (QED) is 0.715. The van der Waals surface area contributed by atoms with Gasteiger partial charge in [0.25, 0.3) is 0 Å². The first-order valence-electron chi connectivity index (χ1n) is 6.22. The second-order valence-corrected chi connectivity index (χ2v) is 5.55. The zero-order chi connectivity index (χ0) is 11.8. The average Bonchev–Trinajstić information content (AvgIpc) is 2.25. The van der Waals surface area contributed by atoms with E-state index in [1.165, 1.54) is 0 Å². The first-order chi connectivity index (χ1) is 7.49. The summed E-state index contributed by atoms with van der Waals surface area (Å²) in [5, 5.41) is 13.2. The Morgan fingerprint density at radius 3 is 2.44 bits per heavy atom. The molecular formula is C12H22N2O2. The summed E-state index contributed by atoms with van der Waals surface area (Å²) in [6.45, 7) is 6.91. The highest BCUT2D eigenvalue weighted by atomic mass is 16.3. The summed E-state index contributed by atoms with van der Waals surface area (Å²) >= 11 is 0. The monoisotopic (exact) mass is 226 g/mol. The van der Waals surface area contributed by atoms with Crippen molar-refractivity contribution >= 4 is 5.91 Å². The largest absolute Gasteiger partial charge is 0.386 e. The number of likely N-dealkylation sites (tertiary alicyclic amines) is 1. The number of carbonyl (C=O) groups excluding carboxylic acids is 1. The molecule has 2 heterocycles. The van der Waals surface area contributed by atoms with Gasteiger partial charge in [0.1, 0.15) is 0 Å². The van der Waals surface area contributed by atoms with Gasteiger partial charge in [0, 0.05) is 5.41 Å². The molecule has 2 rings (SSSR count). The molecule has 1 amide bonds. The topological polar surface area (TPSA) is 52.6 Å². The molecule has 0 aromatic rings. The third-order valence-electron chi connectivity index (χ3n) is 4.14. The molecule has 2 fully saturated rings. The number of rotatable bonds is 2. The van der Waals surface area contributed by atoms with Gasteiger partial charge in [-0.15, -0.1) is 0 Å². The van der Waals surface area contributed by atoms with E-state index >= 15 is 0 Å². The second-order valence-electron chi connectivity index (χ2n) is 5.55. The summed E-state index contributed by atoms with van der Waals surface area (Å²) in [4.78, 5) is 14.1. The van der Waals surface area contributed by atoms with Crippen molar-refractivity contribution in [1.29, 1.82) is 0 Å². The molecule has 4 nitrogen and oxygen atoms in total. The van der Waals surface area contributed by atoms with Gasteiger partial charge in [0.2, 0.25) is 5.91 Å². The number of aliphatic hydroxyl groups is 1. The van der Waals surface area contributed by atoms with Crippen LogP contribution >= 0.6 is 0 Å². The minimum atomic E-state index is -0.612. The highest BCUT2D eigenvalue weighted by Gasteiger charge is 2.47. The van der Waals surface area contributed by atoms with E-state index in [1.54, 1.807) is 0 Å². The van der Waals surface area contributed by atoms with Gasteiger partial charge < -0.3 is 15.3 Å². The van der Waals surface area contributed by atoms with Crippen LogP contribution < -0.4 is 5.32 Å². The van der Waals surface area contributed by atoms with Crippen LogP contribution in [0.4, 0.5) is 0 Å². The van der Waals surface area contributed by atoms with Crippen LogP contribution in [-0.2, 0) is 4.79 Å². The van der Waals surface area contributed by atoms with Crippen molar-refractivity contribution in [2.24, 2.45) is 5.41 Å². The van der Waals surface area contributed by atoms with E-state index in [2.05, 4.69) is 12.2 Å². The van der Waals surface area contributed by atoms with E-state index in [0.29, 0.717) is 13.1 Å². The molecule has 0 aromatic heterocycles. The lowest BCUT2D eigenvalue weighted by Gasteiger charge is -2.49. The fraction of sp³-hybridized carbons (Fsp3) is 0.917. The predicted molar refractivity (Wildman–Crippen MR) is 62.0 cm³/mol. The van der Waals surface area contributed by atoms with E-state index in [0.717, 1.165) is 32.4 Å². The van der Waals surface area contributed by atoms with E-state index in [4.69, 9.17) is 0 Å². The molecule has 0 spiro atoms. The summed E-state index contributed by atoms with van der Waals surface area (Å²) in [7, 11) is 0. The average molecular weight is 226 g/mol. The number of nitrogens with zero attached hydrogens (tertiary/aromatic N) is 1. The second kappa shape index (κ2) is 4.00. The maximum Gasteiger partial charge on any atom is 0.228 e. The van der Waals surface area contributed by atoms with Crippen LogP contribution in [-0.4, -0.2) is 47.7 Å².